The quantitative estimate of drug-likeness (QED) is 0.471. The Morgan fingerprint density at radius 3 is 2.35 bits per heavy atom. The molecule has 0 saturated carbocycles. The number of rotatable bonds is 2. The topological polar surface area (TPSA) is 63.0 Å². The smallest absolute Gasteiger partial charge is 0.316 e. The van der Waals surface area contributed by atoms with Crippen LogP contribution >= 0.6 is 11.3 Å². The lowest BCUT2D eigenvalue weighted by molar-refractivity contribution is -0.146. The first-order valence-electron chi connectivity index (χ1n) is 6.33. The summed E-state index contributed by atoms with van der Waals surface area (Å²) in [5, 5.41) is 11.7. The first kappa shape index (κ1) is 16.4. The molecule has 0 atom stereocenters. The van der Waals surface area contributed by atoms with Crippen molar-refractivity contribution in [1.29, 1.82) is 5.26 Å². The number of aromatic nitrogens is 1. The third-order valence-corrected chi connectivity index (χ3v) is 3.40. The molecule has 108 valence electrons. The number of thiazole rings is 1. The van der Waals surface area contributed by atoms with Gasteiger partial charge in [-0.3, -0.25) is 4.79 Å². The predicted molar refractivity (Wildman–Crippen MR) is 80.0 cm³/mol. The molecule has 0 saturated heterocycles. The van der Waals surface area contributed by atoms with Gasteiger partial charge in [0.1, 0.15) is 22.9 Å². The van der Waals surface area contributed by atoms with Crippen molar-refractivity contribution in [3.63, 3.8) is 0 Å². The normalized spacial score (nSPS) is 12.9. The van der Waals surface area contributed by atoms with Crippen molar-refractivity contribution in [2.75, 3.05) is 0 Å². The van der Waals surface area contributed by atoms with Crippen LogP contribution in [0.5, 0.6) is 0 Å². The number of carbonyl (C=O) groups excluding carboxylic acids is 1. The Morgan fingerprint density at radius 2 is 1.95 bits per heavy atom. The highest BCUT2D eigenvalue weighted by Gasteiger charge is 2.23. The van der Waals surface area contributed by atoms with E-state index in [1.807, 2.05) is 11.4 Å². The molecule has 0 spiro atoms. The van der Waals surface area contributed by atoms with Gasteiger partial charge in [0.15, 0.2) is 0 Å². The summed E-state index contributed by atoms with van der Waals surface area (Å²) in [5.41, 5.74) is 0.511. The second kappa shape index (κ2) is 5.76. The first-order chi connectivity index (χ1) is 9.05. The summed E-state index contributed by atoms with van der Waals surface area (Å²) in [6, 6.07) is 2.02. The van der Waals surface area contributed by atoms with Gasteiger partial charge in [-0.05, 0) is 20.8 Å². The highest BCUT2D eigenvalue weighted by molar-refractivity contribution is 7.10. The van der Waals surface area contributed by atoms with Crippen LogP contribution in [-0.2, 0) is 14.9 Å². The van der Waals surface area contributed by atoms with Crippen molar-refractivity contribution < 1.29 is 9.53 Å². The molecule has 0 aromatic carbocycles. The molecule has 0 aliphatic carbocycles. The van der Waals surface area contributed by atoms with E-state index in [0.717, 1.165) is 5.69 Å². The molecule has 0 amide bonds. The fourth-order valence-electron chi connectivity index (χ4n) is 1.16. The molecule has 1 rings (SSSR count). The van der Waals surface area contributed by atoms with E-state index in [1.54, 1.807) is 20.8 Å². The Kier molecular flexibility index (Phi) is 4.72. The van der Waals surface area contributed by atoms with Gasteiger partial charge in [-0.1, -0.05) is 20.8 Å². The summed E-state index contributed by atoms with van der Waals surface area (Å²) in [5.74, 6) is -0.377. The summed E-state index contributed by atoms with van der Waals surface area (Å²) in [4.78, 5) is 16.1. The Morgan fingerprint density at radius 1 is 1.35 bits per heavy atom. The fraction of sp³-hybridized carbons (Fsp3) is 0.533. The van der Waals surface area contributed by atoms with Crippen molar-refractivity contribution in [2.45, 2.75) is 47.0 Å². The van der Waals surface area contributed by atoms with Gasteiger partial charge in [0, 0.05) is 10.8 Å². The lowest BCUT2D eigenvalue weighted by Crippen LogP contribution is -2.21. The average Bonchev–Trinajstić information content (AvgIpc) is 2.77. The van der Waals surface area contributed by atoms with E-state index in [9.17, 15) is 4.79 Å². The van der Waals surface area contributed by atoms with Gasteiger partial charge in [0.25, 0.3) is 0 Å². The minimum absolute atomic E-state index is 0.0720. The Labute approximate surface area is 124 Å². The number of carbonyl (C=O) groups is 1. The van der Waals surface area contributed by atoms with E-state index in [4.69, 9.17) is 10.00 Å². The monoisotopic (exact) mass is 292 g/mol. The third-order valence-electron chi connectivity index (χ3n) is 2.52. The summed E-state index contributed by atoms with van der Waals surface area (Å²) in [6.45, 7) is 11.5. The van der Waals surface area contributed by atoms with Crippen LogP contribution in [0.15, 0.2) is 11.6 Å². The number of nitriles is 1. The van der Waals surface area contributed by atoms with Crippen molar-refractivity contribution in [3.8, 4) is 6.07 Å². The van der Waals surface area contributed by atoms with Gasteiger partial charge in [-0.2, -0.15) is 5.26 Å². The van der Waals surface area contributed by atoms with Crippen molar-refractivity contribution in [3.05, 3.63) is 22.3 Å². The van der Waals surface area contributed by atoms with E-state index in [-0.39, 0.29) is 17.0 Å². The Balaban J connectivity index is 2.95. The van der Waals surface area contributed by atoms with Crippen molar-refractivity contribution in [2.24, 2.45) is 5.41 Å². The molecule has 0 fully saturated rings. The second-order valence-electron chi connectivity index (χ2n) is 6.59. The van der Waals surface area contributed by atoms with Crippen LogP contribution in [0.4, 0.5) is 0 Å². The Hall–Kier alpha value is -1.67. The van der Waals surface area contributed by atoms with Gasteiger partial charge < -0.3 is 4.74 Å². The summed E-state index contributed by atoms with van der Waals surface area (Å²) in [7, 11) is 0. The van der Waals surface area contributed by atoms with Gasteiger partial charge in [-0.25, -0.2) is 4.98 Å². The molecule has 1 aromatic rings. The molecule has 1 aromatic heterocycles. The van der Waals surface area contributed by atoms with Crippen LogP contribution in [0.3, 0.4) is 0 Å². The molecule has 0 N–H and O–H groups in total. The molecule has 0 unspecified atom stereocenters. The zero-order chi connectivity index (χ0) is 15.6. The van der Waals surface area contributed by atoms with Crippen LogP contribution in [0, 0.1) is 16.7 Å². The number of esters is 1. The van der Waals surface area contributed by atoms with E-state index < -0.39 is 5.41 Å². The van der Waals surface area contributed by atoms with Crippen molar-refractivity contribution in [1.82, 2.24) is 4.98 Å². The standard InChI is InChI=1S/C15H20N2O2S/c1-14(2,3)11-9-20-12(17-11)10(7-16)8-19-13(18)15(4,5)6/h8-9H,1-6H3. The number of ether oxygens (including phenoxy) is 1. The lowest BCUT2D eigenvalue weighted by Gasteiger charge is -2.14. The average molecular weight is 292 g/mol. The fourth-order valence-corrected chi connectivity index (χ4v) is 2.16. The van der Waals surface area contributed by atoms with Crippen LogP contribution in [-0.4, -0.2) is 11.0 Å². The highest BCUT2D eigenvalue weighted by Crippen LogP contribution is 2.27. The molecular weight excluding hydrogens is 272 g/mol. The molecular formula is C15H20N2O2S. The maximum atomic E-state index is 11.7. The lowest BCUT2D eigenvalue weighted by atomic mass is 9.93. The van der Waals surface area contributed by atoms with Crippen LogP contribution in [0.25, 0.3) is 5.57 Å². The third kappa shape index (κ3) is 4.17. The van der Waals surface area contributed by atoms with Gasteiger partial charge in [0.05, 0.1) is 11.1 Å². The molecule has 0 aliphatic heterocycles. The van der Waals surface area contributed by atoms with E-state index >= 15 is 0 Å². The maximum absolute atomic E-state index is 11.7. The molecule has 1 heterocycles. The van der Waals surface area contributed by atoms with Gasteiger partial charge >= 0.3 is 5.97 Å². The minimum Gasteiger partial charge on any atom is -0.433 e. The largest absolute Gasteiger partial charge is 0.433 e. The SMILES string of the molecule is CC(C)(C)C(=O)OC=C(C#N)c1nc(C(C)(C)C)cs1. The minimum atomic E-state index is -0.601. The number of nitrogens with zero attached hydrogens (tertiary/aromatic N) is 2. The van der Waals surface area contributed by atoms with Gasteiger partial charge in [0.2, 0.25) is 0 Å². The highest BCUT2D eigenvalue weighted by atomic mass is 32.1. The van der Waals surface area contributed by atoms with Crippen LogP contribution in [0.2, 0.25) is 0 Å². The molecule has 0 bridgehead atoms. The van der Waals surface area contributed by atoms with E-state index in [2.05, 4.69) is 25.8 Å². The molecule has 0 aliphatic rings. The second-order valence-corrected chi connectivity index (χ2v) is 7.44. The number of hydrogen-bond acceptors (Lipinski definition) is 5. The Bertz CT molecular complexity index is 566. The summed E-state index contributed by atoms with van der Waals surface area (Å²) >= 11 is 1.38. The zero-order valence-electron chi connectivity index (χ0n) is 12.8. The maximum Gasteiger partial charge on any atom is 0.316 e. The van der Waals surface area contributed by atoms with E-state index in [0.29, 0.717) is 5.01 Å². The summed E-state index contributed by atoms with van der Waals surface area (Å²) in [6.07, 6.45) is 1.19. The predicted octanol–water partition coefficient (Wildman–Crippen LogP) is 3.89. The number of allylic oxidation sites excluding steroid dienone is 1. The molecule has 20 heavy (non-hydrogen) atoms. The molecule has 5 heteroatoms. The number of hydrogen-bond donors (Lipinski definition) is 0. The molecule has 0 radical (unpaired) electrons. The summed E-state index contributed by atoms with van der Waals surface area (Å²) < 4.78 is 5.05. The first-order valence-corrected chi connectivity index (χ1v) is 7.21. The van der Waals surface area contributed by atoms with E-state index in [1.165, 1.54) is 17.6 Å². The van der Waals surface area contributed by atoms with Crippen molar-refractivity contribution >= 4 is 22.9 Å². The van der Waals surface area contributed by atoms with Gasteiger partial charge in [-0.15, -0.1) is 11.3 Å². The zero-order valence-corrected chi connectivity index (χ0v) is 13.6. The van der Waals surface area contributed by atoms with Crippen LogP contribution < -0.4 is 0 Å². The molecule has 4 nitrogen and oxygen atoms in total. The van der Waals surface area contributed by atoms with Crippen LogP contribution in [0.1, 0.15) is 52.2 Å².